The lowest BCUT2D eigenvalue weighted by Gasteiger charge is -2.23. The predicted molar refractivity (Wildman–Crippen MR) is 97.4 cm³/mol. The van der Waals surface area contributed by atoms with Crippen molar-refractivity contribution in [1.29, 1.82) is 0 Å². The molecule has 0 N–H and O–H groups in total. The second kappa shape index (κ2) is 7.43. The number of aromatic nitrogens is 6. The first-order valence-electron chi connectivity index (χ1n) is 9.23. The Hall–Kier alpha value is -2.81. The van der Waals surface area contributed by atoms with Crippen LogP contribution in [-0.2, 0) is 13.1 Å². The maximum Gasteiger partial charge on any atom is 0.266 e. The van der Waals surface area contributed by atoms with Crippen molar-refractivity contribution in [3.63, 3.8) is 0 Å². The molecule has 0 spiro atoms. The van der Waals surface area contributed by atoms with Gasteiger partial charge in [-0.25, -0.2) is 9.67 Å². The first-order chi connectivity index (χ1) is 13.1. The molecule has 9 heteroatoms. The van der Waals surface area contributed by atoms with Crippen LogP contribution in [0.1, 0.15) is 44.3 Å². The summed E-state index contributed by atoms with van der Waals surface area (Å²) in [6, 6.07) is 3.47. The Morgan fingerprint density at radius 1 is 1.33 bits per heavy atom. The van der Waals surface area contributed by atoms with Gasteiger partial charge in [-0.3, -0.25) is 14.3 Å². The van der Waals surface area contributed by atoms with Gasteiger partial charge in [0.15, 0.2) is 11.6 Å². The van der Waals surface area contributed by atoms with E-state index in [1.165, 1.54) is 4.68 Å². The van der Waals surface area contributed by atoms with E-state index in [2.05, 4.69) is 25.1 Å². The second-order valence-corrected chi connectivity index (χ2v) is 7.15. The summed E-state index contributed by atoms with van der Waals surface area (Å²) in [5.74, 6) is 2.27. The number of hydrogen-bond donors (Lipinski definition) is 0. The summed E-state index contributed by atoms with van der Waals surface area (Å²) in [4.78, 5) is 23.1. The van der Waals surface area contributed by atoms with Crippen LogP contribution in [0.3, 0.4) is 0 Å². The van der Waals surface area contributed by atoms with Crippen molar-refractivity contribution in [2.24, 2.45) is 0 Å². The maximum absolute atomic E-state index is 12.3. The molecule has 0 amide bonds. The van der Waals surface area contributed by atoms with Crippen LogP contribution in [0.15, 0.2) is 40.2 Å². The SMILES string of the molecule is CC(C)c1noc(CN2CCCC2Cn2nc(-n3ccnc3)ccc2=O)n1. The van der Waals surface area contributed by atoms with E-state index in [4.69, 9.17) is 4.52 Å². The van der Waals surface area contributed by atoms with Gasteiger partial charge in [0.05, 0.1) is 13.1 Å². The monoisotopic (exact) mass is 369 g/mol. The molecule has 142 valence electrons. The van der Waals surface area contributed by atoms with Crippen LogP contribution in [0.2, 0.25) is 0 Å². The predicted octanol–water partition coefficient (Wildman–Crippen LogP) is 1.60. The fraction of sp³-hybridized carbons (Fsp3) is 0.500. The van der Waals surface area contributed by atoms with E-state index in [0.29, 0.717) is 24.8 Å². The van der Waals surface area contributed by atoms with Gasteiger partial charge in [0, 0.05) is 30.4 Å². The van der Waals surface area contributed by atoms with E-state index < -0.39 is 0 Å². The van der Waals surface area contributed by atoms with Crippen molar-refractivity contribution < 1.29 is 4.52 Å². The highest BCUT2D eigenvalue weighted by molar-refractivity contribution is 5.19. The van der Waals surface area contributed by atoms with E-state index in [0.717, 1.165) is 25.2 Å². The van der Waals surface area contributed by atoms with Crippen LogP contribution in [-0.4, -0.2) is 47.0 Å². The fourth-order valence-corrected chi connectivity index (χ4v) is 3.35. The molecule has 1 saturated heterocycles. The topological polar surface area (TPSA) is 94.9 Å². The Balaban J connectivity index is 1.49. The van der Waals surface area contributed by atoms with Crippen LogP contribution in [0.5, 0.6) is 0 Å². The molecule has 0 aromatic carbocycles. The van der Waals surface area contributed by atoms with Crippen molar-refractivity contribution in [3.05, 3.63) is 52.9 Å². The van der Waals surface area contributed by atoms with Gasteiger partial charge in [-0.15, -0.1) is 0 Å². The summed E-state index contributed by atoms with van der Waals surface area (Å²) in [6.45, 7) is 6.16. The summed E-state index contributed by atoms with van der Waals surface area (Å²) in [6.07, 6.45) is 7.24. The second-order valence-electron chi connectivity index (χ2n) is 7.15. The van der Waals surface area contributed by atoms with Gasteiger partial charge in [-0.05, 0) is 25.5 Å². The van der Waals surface area contributed by atoms with Crippen LogP contribution in [0, 0.1) is 0 Å². The lowest BCUT2D eigenvalue weighted by molar-refractivity contribution is 0.190. The molecule has 4 heterocycles. The first-order valence-corrected chi connectivity index (χ1v) is 9.23. The summed E-state index contributed by atoms with van der Waals surface area (Å²) in [5, 5.41) is 8.53. The minimum Gasteiger partial charge on any atom is -0.338 e. The van der Waals surface area contributed by atoms with E-state index in [1.54, 1.807) is 35.4 Å². The molecule has 1 fully saturated rings. The first kappa shape index (κ1) is 17.6. The quantitative estimate of drug-likeness (QED) is 0.651. The van der Waals surface area contributed by atoms with Gasteiger partial charge >= 0.3 is 0 Å². The molecular formula is C18H23N7O2. The zero-order chi connectivity index (χ0) is 18.8. The lowest BCUT2D eigenvalue weighted by Crippen LogP contribution is -2.37. The lowest BCUT2D eigenvalue weighted by atomic mass is 10.2. The smallest absolute Gasteiger partial charge is 0.266 e. The molecule has 1 aliphatic rings. The highest BCUT2D eigenvalue weighted by Crippen LogP contribution is 2.21. The van der Waals surface area contributed by atoms with E-state index in [9.17, 15) is 4.79 Å². The Kier molecular flexibility index (Phi) is 4.85. The molecule has 0 bridgehead atoms. The van der Waals surface area contributed by atoms with E-state index in [1.807, 2.05) is 13.8 Å². The molecule has 3 aromatic heterocycles. The number of nitrogens with zero attached hydrogens (tertiary/aromatic N) is 7. The molecule has 27 heavy (non-hydrogen) atoms. The average Bonchev–Trinajstić information content (AvgIpc) is 3.40. The highest BCUT2D eigenvalue weighted by atomic mass is 16.5. The Morgan fingerprint density at radius 2 is 2.22 bits per heavy atom. The molecule has 0 aliphatic carbocycles. The molecule has 1 unspecified atom stereocenters. The third-order valence-electron chi connectivity index (χ3n) is 4.84. The minimum atomic E-state index is -0.106. The van der Waals surface area contributed by atoms with Crippen molar-refractivity contribution in [1.82, 2.24) is 34.4 Å². The van der Waals surface area contributed by atoms with Gasteiger partial charge in [-0.1, -0.05) is 19.0 Å². The van der Waals surface area contributed by atoms with Crippen molar-refractivity contribution >= 4 is 0 Å². The maximum atomic E-state index is 12.3. The van der Waals surface area contributed by atoms with Gasteiger partial charge < -0.3 is 4.52 Å². The molecule has 3 aromatic rings. The third-order valence-corrected chi connectivity index (χ3v) is 4.84. The Bertz CT molecular complexity index is 945. The van der Waals surface area contributed by atoms with Crippen molar-refractivity contribution in [2.45, 2.75) is 51.7 Å². The molecule has 0 radical (unpaired) electrons. The minimum absolute atomic E-state index is 0.106. The standard InChI is InChI=1S/C18H23N7O2/c1-13(2)18-20-16(27-22-18)11-23-8-3-4-14(23)10-25-17(26)6-5-15(21-25)24-9-7-19-12-24/h5-7,9,12-14H,3-4,8,10-11H2,1-2H3. The number of likely N-dealkylation sites (tertiary alicyclic amines) is 1. The average molecular weight is 369 g/mol. The summed E-state index contributed by atoms with van der Waals surface area (Å²) in [7, 11) is 0. The van der Waals surface area contributed by atoms with Crippen molar-refractivity contribution in [2.75, 3.05) is 6.54 Å². The fourth-order valence-electron chi connectivity index (χ4n) is 3.35. The van der Waals surface area contributed by atoms with Crippen molar-refractivity contribution in [3.8, 4) is 5.82 Å². The Morgan fingerprint density at radius 3 is 2.96 bits per heavy atom. The van der Waals surface area contributed by atoms with Crippen LogP contribution in [0.25, 0.3) is 5.82 Å². The zero-order valence-electron chi connectivity index (χ0n) is 15.5. The van der Waals surface area contributed by atoms with Crippen LogP contribution >= 0.6 is 0 Å². The van der Waals surface area contributed by atoms with Gasteiger partial charge in [0.1, 0.15) is 6.33 Å². The Labute approximate surface area is 156 Å². The molecule has 1 aliphatic heterocycles. The van der Waals surface area contributed by atoms with Gasteiger partial charge in [0.2, 0.25) is 5.89 Å². The number of hydrogen-bond acceptors (Lipinski definition) is 7. The molecular weight excluding hydrogens is 346 g/mol. The molecule has 0 saturated carbocycles. The van der Waals surface area contributed by atoms with E-state index >= 15 is 0 Å². The van der Waals surface area contributed by atoms with Crippen LogP contribution < -0.4 is 5.56 Å². The zero-order valence-corrected chi connectivity index (χ0v) is 15.5. The third kappa shape index (κ3) is 3.82. The van der Waals surface area contributed by atoms with Gasteiger partial charge in [0.25, 0.3) is 5.56 Å². The summed E-state index contributed by atoms with van der Waals surface area (Å²) in [5.41, 5.74) is -0.106. The number of imidazole rings is 1. The van der Waals surface area contributed by atoms with Crippen LogP contribution in [0.4, 0.5) is 0 Å². The highest BCUT2D eigenvalue weighted by Gasteiger charge is 2.27. The molecule has 4 rings (SSSR count). The largest absolute Gasteiger partial charge is 0.338 e. The normalized spacial score (nSPS) is 17.8. The molecule has 1 atom stereocenters. The van der Waals surface area contributed by atoms with Gasteiger partial charge in [-0.2, -0.15) is 10.1 Å². The summed E-state index contributed by atoms with van der Waals surface area (Å²) < 4.78 is 8.70. The van der Waals surface area contributed by atoms with E-state index in [-0.39, 0.29) is 17.5 Å². The summed E-state index contributed by atoms with van der Waals surface area (Å²) >= 11 is 0. The molecule has 9 nitrogen and oxygen atoms in total. The number of rotatable bonds is 6.